The third-order valence-corrected chi connectivity index (χ3v) is 2.37. The molecule has 2 heterocycles. The van der Waals surface area contributed by atoms with Gasteiger partial charge < -0.3 is 10.6 Å². The van der Waals surface area contributed by atoms with Crippen LogP contribution in [-0.4, -0.2) is 23.1 Å². The van der Waals surface area contributed by atoms with E-state index in [9.17, 15) is 0 Å². The van der Waals surface area contributed by atoms with Crippen LogP contribution in [0.1, 0.15) is 6.42 Å². The summed E-state index contributed by atoms with van der Waals surface area (Å²) in [6, 6.07) is 7.87. The van der Waals surface area contributed by atoms with E-state index in [2.05, 4.69) is 20.6 Å². The van der Waals surface area contributed by atoms with E-state index < -0.39 is 0 Å². The Morgan fingerprint density at radius 1 is 0.706 bits per heavy atom. The maximum atomic E-state index is 3.97. The van der Waals surface area contributed by atoms with Crippen molar-refractivity contribution in [3.63, 3.8) is 0 Å². The van der Waals surface area contributed by atoms with Crippen molar-refractivity contribution < 1.29 is 0 Å². The Balaban J connectivity index is 1.61. The molecule has 0 spiro atoms. The summed E-state index contributed by atoms with van der Waals surface area (Å²) < 4.78 is 0. The van der Waals surface area contributed by atoms with Crippen molar-refractivity contribution in [3.05, 3.63) is 49.1 Å². The molecule has 0 unspecified atom stereocenters. The first-order valence-electron chi connectivity index (χ1n) is 5.73. The number of nitrogens with zero attached hydrogens (tertiary/aromatic N) is 2. The molecule has 4 nitrogen and oxygen atoms in total. The molecule has 2 N–H and O–H groups in total. The number of hydrogen-bond acceptors (Lipinski definition) is 4. The van der Waals surface area contributed by atoms with E-state index in [1.54, 1.807) is 24.8 Å². The van der Waals surface area contributed by atoms with Crippen LogP contribution in [0.2, 0.25) is 0 Å². The van der Waals surface area contributed by atoms with E-state index in [4.69, 9.17) is 0 Å². The van der Waals surface area contributed by atoms with E-state index in [1.165, 1.54) is 0 Å². The standard InChI is InChI=1S/C13H16N4/c1(6-16-12-2-8-14-9-3-12)7-17-13-4-10-15-11-5-13/h2-5,8-11H,1,6-7H2,(H,14,16)(H,15,17). The number of anilines is 2. The van der Waals surface area contributed by atoms with Gasteiger partial charge in [-0.15, -0.1) is 0 Å². The van der Waals surface area contributed by atoms with Crippen LogP contribution in [-0.2, 0) is 0 Å². The first-order valence-corrected chi connectivity index (χ1v) is 5.73. The van der Waals surface area contributed by atoms with E-state index in [-0.39, 0.29) is 0 Å². The molecule has 0 fully saturated rings. The van der Waals surface area contributed by atoms with Crippen molar-refractivity contribution >= 4 is 11.4 Å². The molecule has 0 atom stereocenters. The van der Waals surface area contributed by atoms with Gasteiger partial charge in [0.15, 0.2) is 0 Å². The van der Waals surface area contributed by atoms with Crippen LogP contribution in [0, 0.1) is 0 Å². The molecule has 88 valence electrons. The van der Waals surface area contributed by atoms with Crippen molar-refractivity contribution in [1.82, 2.24) is 9.97 Å². The minimum absolute atomic E-state index is 0.947. The lowest BCUT2D eigenvalue weighted by molar-refractivity contribution is 0.908. The quantitative estimate of drug-likeness (QED) is 0.745. The SMILES string of the molecule is c1cc(NCCCNc2ccncc2)ccn1. The van der Waals surface area contributed by atoms with Gasteiger partial charge in [0, 0.05) is 49.3 Å². The van der Waals surface area contributed by atoms with E-state index in [1.807, 2.05) is 24.3 Å². The van der Waals surface area contributed by atoms with Gasteiger partial charge in [0.1, 0.15) is 0 Å². The molecule has 17 heavy (non-hydrogen) atoms. The van der Waals surface area contributed by atoms with Crippen LogP contribution in [0.5, 0.6) is 0 Å². The zero-order valence-electron chi connectivity index (χ0n) is 9.63. The van der Waals surface area contributed by atoms with Gasteiger partial charge in [0.05, 0.1) is 0 Å². The van der Waals surface area contributed by atoms with Gasteiger partial charge in [-0.1, -0.05) is 0 Å². The van der Waals surface area contributed by atoms with Gasteiger partial charge in [0.2, 0.25) is 0 Å². The largest absolute Gasteiger partial charge is 0.385 e. The van der Waals surface area contributed by atoms with Gasteiger partial charge in [-0.05, 0) is 30.7 Å². The molecule has 2 aromatic heterocycles. The monoisotopic (exact) mass is 228 g/mol. The minimum Gasteiger partial charge on any atom is -0.385 e. The van der Waals surface area contributed by atoms with E-state index in [0.717, 1.165) is 30.9 Å². The van der Waals surface area contributed by atoms with Crippen LogP contribution in [0.4, 0.5) is 11.4 Å². The highest BCUT2D eigenvalue weighted by Gasteiger charge is 1.91. The fraction of sp³-hybridized carbons (Fsp3) is 0.231. The Morgan fingerprint density at radius 3 is 1.53 bits per heavy atom. The predicted molar refractivity (Wildman–Crippen MR) is 70.1 cm³/mol. The lowest BCUT2D eigenvalue weighted by Crippen LogP contribution is -2.09. The predicted octanol–water partition coefficient (Wildman–Crippen LogP) is 2.39. The van der Waals surface area contributed by atoms with Crippen molar-refractivity contribution in [2.75, 3.05) is 23.7 Å². The molecule has 0 amide bonds. The summed E-state index contributed by atoms with van der Waals surface area (Å²) >= 11 is 0. The fourth-order valence-corrected chi connectivity index (χ4v) is 1.49. The Morgan fingerprint density at radius 2 is 1.12 bits per heavy atom. The first kappa shape index (κ1) is 11.4. The Bertz CT molecular complexity index is 374. The zero-order chi connectivity index (χ0) is 11.8. The second-order valence-electron chi connectivity index (χ2n) is 3.68. The van der Waals surface area contributed by atoms with Gasteiger partial charge in [0.25, 0.3) is 0 Å². The number of pyridine rings is 2. The molecule has 2 aromatic rings. The van der Waals surface area contributed by atoms with Crippen LogP contribution in [0.15, 0.2) is 49.1 Å². The zero-order valence-corrected chi connectivity index (χ0v) is 9.63. The van der Waals surface area contributed by atoms with Gasteiger partial charge in [-0.2, -0.15) is 0 Å². The normalized spacial score (nSPS) is 9.88. The van der Waals surface area contributed by atoms with Gasteiger partial charge in [-0.3, -0.25) is 9.97 Å². The molecular weight excluding hydrogens is 212 g/mol. The molecule has 2 rings (SSSR count). The van der Waals surface area contributed by atoms with E-state index >= 15 is 0 Å². The van der Waals surface area contributed by atoms with E-state index in [0.29, 0.717) is 0 Å². The fourth-order valence-electron chi connectivity index (χ4n) is 1.49. The number of aromatic nitrogens is 2. The second kappa shape index (κ2) is 6.48. The van der Waals surface area contributed by atoms with Crippen molar-refractivity contribution in [2.24, 2.45) is 0 Å². The second-order valence-corrected chi connectivity index (χ2v) is 3.68. The topological polar surface area (TPSA) is 49.8 Å². The summed E-state index contributed by atoms with van der Waals surface area (Å²) in [7, 11) is 0. The van der Waals surface area contributed by atoms with Crippen LogP contribution in [0.3, 0.4) is 0 Å². The summed E-state index contributed by atoms with van der Waals surface area (Å²) in [5.41, 5.74) is 2.23. The summed E-state index contributed by atoms with van der Waals surface area (Å²) in [5.74, 6) is 0. The summed E-state index contributed by atoms with van der Waals surface area (Å²) in [6.45, 7) is 1.89. The number of rotatable bonds is 6. The molecule has 0 aromatic carbocycles. The molecule has 0 saturated carbocycles. The molecule has 4 heteroatoms. The van der Waals surface area contributed by atoms with Crippen molar-refractivity contribution in [3.8, 4) is 0 Å². The molecule has 0 bridgehead atoms. The first-order chi connectivity index (χ1) is 8.45. The molecule has 0 aliphatic carbocycles. The molecular formula is C13H16N4. The van der Waals surface area contributed by atoms with Crippen LogP contribution in [0.25, 0.3) is 0 Å². The maximum absolute atomic E-state index is 3.97. The minimum atomic E-state index is 0.947. The lowest BCUT2D eigenvalue weighted by atomic mass is 10.3. The van der Waals surface area contributed by atoms with Crippen molar-refractivity contribution in [1.29, 1.82) is 0 Å². The Kier molecular flexibility index (Phi) is 4.34. The number of hydrogen-bond donors (Lipinski definition) is 2. The highest BCUT2D eigenvalue weighted by molar-refractivity contribution is 5.41. The third-order valence-electron chi connectivity index (χ3n) is 2.37. The number of nitrogens with one attached hydrogen (secondary N) is 2. The van der Waals surface area contributed by atoms with Crippen LogP contribution < -0.4 is 10.6 Å². The average molecular weight is 228 g/mol. The molecule has 0 radical (unpaired) electrons. The van der Waals surface area contributed by atoms with Crippen molar-refractivity contribution in [2.45, 2.75) is 6.42 Å². The summed E-state index contributed by atoms with van der Waals surface area (Å²) in [6.07, 6.45) is 8.22. The maximum Gasteiger partial charge on any atom is 0.0371 e. The van der Waals surface area contributed by atoms with Gasteiger partial charge >= 0.3 is 0 Å². The highest BCUT2D eigenvalue weighted by atomic mass is 14.9. The Hall–Kier alpha value is -2.10. The molecule has 0 saturated heterocycles. The molecule has 0 aliphatic heterocycles. The Labute approximate surface area is 101 Å². The third kappa shape index (κ3) is 4.10. The molecule has 0 aliphatic rings. The van der Waals surface area contributed by atoms with Gasteiger partial charge in [-0.25, -0.2) is 0 Å². The smallest absolute Gasteiger partial charge is 0.0371 e. The average Bonchev–Trinajstić information content (AvgIpc) is 2.41. The van der Waals surface area contributed by atoms with Crippen LogP contribution >= 0.6 is 0 Å². The lowest BCUT2D eigenvalue weighted by Gasteiger charge is -2.07. The summed E-state index contributed by atoms with van der Waals surface area (Å²) in [5, 5.41) is 6.68. The summed E-state index contributed by atoms with van der Waals surface area (Å²) in [4.78, 5) is 7.94. The highest BCUT2D eigenvalue weighted by Crippen LogP contribution is 2.04.